The molecule has 6 nitrogen and oxygen atoms in total. The first kappa shape index (κ1) is 30.8. The number of carbonyl (C=O) groups is 1. The molecule has 0 amide bonds. The molecule has 0 aromatic heterocycles. The number of carbonyl (C=O) groups excluding carboxylic acids is 1. The summed E-state index contributed by atoms with van der Waals surface area (Å²) in [5.41, 5.74) is 13.3. The molecule has 1 fully saturated rings. The fraction of sp³-hybridized carbons (Fsp3) is 0.412. The second-order valence-corrected chi connectivity index (χ2v) is 16.0. The van der Waals surface area contributed by atoms with E-state index in [1.165, 1.54) is 0 Å². The Balaban J connectivity index is 1.66. The van der Waals surface area contributed by atoms with Crippen LogP contribution in [0, 0.1) is 5.92 Å². The first-order valence-electron chi connectivity index (χ1n) is 14.8. The Morgan fingerprint density at radius 2 is 1.12 bits per heavy atom. The van der Waals surface area contributed by atoms with Crippen LogP contribution in [-0.2, 0) is 38.8 Å². The molecule has 0 spiro atoms. The highest BCUT2D eigenvalue weighted by atomic mass is 28.3. The Morgan fingerprint density at radius 3 is 1.54 bits per heavy atom. The Hall–Kier alpha value is -3.19. The third kappa shape index (κ3) is 7.56. The van der Waals surface area contributed by atoms with Gasteiger partial charge in [0, 0.05) is 0 Å². The predicted octanol–water partition coefficient (Wildman–Crippen LogP) is 7.05. The molecule has 4 rings (SSSR count). The van der Waals surface area contributed by atoms with Gasteiger partial charge in [-0.15, -0.1) is 0 Å². The Bertz CT molecular complexity index is 1270. The van der Waals surface area contributed by atoms with Gasteiger partial charge < -0.3 is 19.7 Å². The fourth-order valence-electron chi connectivity index (χ4n) is 5.95. The minimum atomic E-state index is -2.27. The molecule has 1 aliphatic carbocycles. The van der Waals surface area contributed by atoms with E-state index in [0.29, 0.717) is 31.6 Å². The van der Waals surface area contributed by atoms with E-state index < -0.39 is 26.2 Å². The minimum Gasteiger partial charge on any atom is -0.371 e. The molecule has 0 radical (unpaired) electrons. The number of hydrogen-bond donors (Lipinski definition) is 0. The zero-order chi connectivity index (χ0) is 29.1. The molecule has 3 aromatic carbocycles. The van der Waals surface area contributed by atoms with Gasteiger partial charge in [-0.2, -0.15) is 4.79 Å². The van der Waals surface area contributed by atoms with Crippen molar-refractivity contribution in [2.24, 2.45) is 5.92 Å². The van der Waals surface area contributed by atoms with Crippen LogP contribution in [0.1, 0.15) is 43.9 Å². The Morgan fingerprint density at radius 1 is 0.707 bits per heavy atom. The van der Waals surface area contributed by atoms with E-state index >= 15 is 0 Å². The molecule has 0 aliphatic heterocycles. The van der Waals surface area contributed by atoms with E-state index in [1.54, 1.807) is 0 Å². The lowest BCUT2D eigenvalue weighted by atomic mass is 10.00. The SMILES string of the molecule is CC[Si](CC)(CC)C(=[N+]=[N-])C(=O)[C@@H]1C[C@H](OCc2ccccc2)[C@@H](OCc2ccccc2)[C@H]1OCc1ccccc1. The number of ether oxygens (including phenoxy) is 3. The van der Waals surface area contributed by atoms with Gasteiger partial charge in [-0.25, -0.2) is 0 Å². The van der Waals surface area contributed by atoms with Crippen LogP contribution in [-0.4, -0.2) is 42.3 Å². The quantitative estimate of drug-likeness (QED) is 0.0849. The van der Waals surface area contributed by atoms with Crippen molar-refractivity contribution in [3.05, 3.63) is 113 Å². The molecule has 4 atom stereocenters. The second-order valence-electron chi connectivity index (χ2n) is 10.9. The van der Waals surface area contributed by atoms with Crippen LogP contribution in [0.15, 0.2) is 91.0 Å². The highest BCUT2D eigenvalue weighted by Crippen LogP contribution is 2.37. The normalized spacial score (nSPS) is 20.5. The van der Waals surface area contributed by atoms with Gasteiger partial charge in [-0.05, 0) is 41.2 Å². The molecule has 0 saturated heterocycles. The Kier molecular flexibility index (Phi) is 11.4. The monoisotopic (exact) mass is 570 g/mol. The van der Waals surface area contributed by atoms with Crippen molar-refractivity contribution < 1.29 is 23.8 Å². The molecule has 0 heterocycles. The summed E-state index contributed by atoms with van der Waals surface area (Å²) in [5.74, 6) is -0.662. The highest BCUT2D eigenvalue weighted by Gasteiger charge is 2.55. The number of rotatable bonds is 15. The number of nitrogens with zero attached hydrogens (tertiary/aromatic N) is 2. The number of hydrogen-bond acceptors (Lipinski definition) is 4. The summed E-state index contributed by atoms with van der Waals surface area (Å²) in [6.07, 6.45) is -0.959. The van der Waals surface area contributed by atoms with Crippen LogP contribution < -0.4 is 0 Å². The maximum atomic E-state index is 14.3. The van der Waals surface area contributed by atoms with Crippen LogP contribution >= 0.6 is 0 Å². The zero-order valence-electron chi connectivity index (χ0n) is 24.4. The van der Waals surface area contributed by atoms with Gasteiger partial charge in [0.05, 0.1) is 37.9 Å². The van der Waals surface area contributed by atoms with E-state index in [4.69, 9.17) is 14.2 Å². The molecule has 0 unspecified atom stereocenters. The van der Waals surface area contributed by atoms with Crippen molar-refractivity contribution in [2.45, 2.75) is 83.5 Å². The summed E-state index contributed by atoms with van der Waals surface area (Å²) in [6, 6.07) is 32.5. The molecule has 0 N–H and O–H groups in total. The summed E-state index contributed by atoms with van der Waals surface area (Å²) in [7, 11) is -2.27. The van der Waals surface area contributed by atoms with Gasteiger partial charge in [0.2, 0.25) is 5.78 Å². The van der Waals surface area contributed by atoms with Crippen molar-refractivity contribution in [1.29, 1.82) is 0 Å². The predicted molar refractivity (Wildman–Crippen MR) is 164 cm³/mol. The van der Waals surface area contributed by atoms with Gasteiger partial charge in [0.25, 0.3) is 0 Å². The average Bonchev–Trinajstić information content (AvgIpc) is 3.39. The van der Waals surface area contributed by atoms with E-state index in [2.05, 4.69) is 25.6 Å². The molecule has 3 aromatic rings. The lowest BCUT2D eigenvalue weighted by Gasteiger charge is -2.28. The molecule has 1 saturated carbocycles. The smallest absolute Gasteiger partial charge is 0.301 e. The zero-order valence-corrected chi connectivity index (χ0v) is 25.4. The van der Waals surface area contributed by atoms with Gasteiger partial charge in [0.1, 0.15) is 6.10 Å². The highest BCUT2D eigenvalue weighted by molar-refractivity contribution is 7.13. The largest absolute Gasteiger partial charge is 0.371 e. The van der Waals surface area contributed by atoms with E-state index in [1.807, 2.05) is 91.0 Å². The molecular formula is C34H42N2O4Si. The van der Waals surface area contributed by atoms with Crippen molar-refractivity contribution in [1.82, 2.24) is 0 Å². The van der Waals surface area contributed by atoms with Gasteiger partial charge >= 0.3 is 5.33 Å². The van der Waals surface area contributed by atoms with E-state index in [9.17, 15) is 10.3 Å². The van der Waals surface area contributed by atoms with Crippen molar-refractivity contribution in [3.63, 3.8) is 0 Å². The average molecular weight is 571 g/mol. The van der Waals surface area contributed by atoms with Gasteiger partial charge in [0.15, 0.2) is 8.07 Å². The van der Waals surface area contributed by atoms with E-state index in [-0.39, 0.29) is 11.9 Å². The first-order valence-corrected chi connectivity index (χ1v) is 17.4. The molecule has 216 valence electrons. The van der Waals surface area contributed by atoms with Crippen molar-refractivity contribution in [2.75, 3.05) is 0 Å². The molecule has 7 heteroatoms. The summed E-state index contributed by atoms with van der Waals surface area (Å²) < 4.78 is 19.6. The second kappa shape index (κ2) is 15.2. The molecule has 41 heavy (non-hydrogen) atoms. The van der Waals surface area contributed by atoms with E-state index in [0.717, 1.165) is 34.8 Å². The number of Topliss-reactive ketones (excluding diaryl/α,β-unsaturated/α-hetero) is 1. The van der Waals surface area contributed by atoms with Crippen molar-refractivity contribution in [3.8, 4) is 0 Å². The number of benzene rings is 3. The lowest BCUT2D eigenvalue weighted by molar-refractivity contribution is -0.137. The third-order valence-electron chi connectivity index (χ3n) is 8.65. The van der Waals surface area contributed by atoms with Crippen LogP contribution in [0.2, 0.25) is 18.1 Å². The van der Waals surface area contributed by atoms with Crippen LogP contribution in [0.3, 0.4) is 0 Å². The lowest BCUT2D eigenvalue weighted by Crippen LogP contribution is -2.51. The fourth-order valence-corrected chi connectivity index (χ4v) is 9.37. The van der Waals surface area contributed by atoms with Crippen LogP contribution in [0.4, 0.5) is 0 Å². The van der Waals surface area contributed by atoms with Gasteiger partial charge in [-0.3, -0.25) is 4.79 Å². The van der Waals surface area contributed by atoms with Crippen LogP contribution in [0.5, 0.6) is 0 Å². The third-order valence-corrected chi connectivity index (χ3v) is 14.1. The topological polar surface area (TPSA) is 81.2 Å². The summed E-state index contributed by atoms with van der Waals surface area (Å²) in [4.78, 5) is 18.0. The molecule has 1 aliphatic rings. The van der Waals surface area contributed by atoms with Gasteiger partial charge in [-0.1, -0.05) is 112 Å². The minimum absolute atomic E-state index is 0.123. The maximum absolute atomic E-state index is 14.3. The summed E-state index contributed by atoms with van der Waals surface area (Å²) in [5, 5.41) is 0.369. The standard InChI is InChI=1S/C34H42N2O4Si/c1-4-41(5-2,6-3)34(36-35)31(37)29-22-30(38-23-26-16-10-7-11-17-26)33(40-25-28-20-14-9-15-21-28)32(29)39-24-27-18-12-8-13-19-27/h7-21,29-30,32-33H,4-6,22-25H2,1-3H3/t29-,30-,32-,33+/m0/s1. The molecule has 0 bridgehead atoms. The Labute approximate surface area is 245 Å². The van der Waals surface area contributed by atoms with Crippen LogP contribution in [0.25, 0.3) is 5.53 Å². The summed E-state index contributed by atoms with van der Waals surface area (Å²) in [6.45, 7) is 7.44. The number of ketones is 1. The first-order chi connectivity index (χ1) is 20.0. The maximum Gasteiger partial charge on any atom is 0.301 e. The summed E-state index contributed by atoms with van der Waals surface area (Å²) >= 11 is 0. The molecular weight excluding hydrogens is 528 g/mol. The van der Waals surface area contributed by atoms with Crippen molar-refractivity contribution >= 4 is 19.2 Å².